The summed E-state index contributed by atoms with van der Waals surface area (Å²) in [5, 5.41) is 3.58. The molecule has 1 aromatic carbocycles. The van der Waals surface area contributed by atoms with E-state index in [1.54, 1.807) is 7.11 Å². The molecule has 0 saturated carbocycles. The third kappa shape index (κ3) is 6.44. The number of methoxy groups -OCH3 is 1. The summed E-state index contributed by atoms with van der Waals surface area (Å²) in [6.07, 6.45) is 6.58. The lowest BCUT2D eigenvalue weighted by Gasteiger charge is -2.15. The summed E-state index contributed by atoms with van der Waals surface area (Å²) in [6, 6.07) is 6.67. The quantitative estimate of drug-likeness (QED) is 0.651. The minimum atomic E-state index is 0.565. The Labute approximate surface area is 126 Å². The summed E-state index contributed by atoms with van der Waals surface area (Å²) >= 11 is 3.59. The Balaban J connectivity index is 2.34. The molecular weight excluding hydrogens is 302 g/mol. The topological polar surface area (TPSA) is 21.3 Å². The average Bonchev–Trinajstić information content (AvgIpc) is 2.43. The summed E-state index contributed by atoms with van der Waals surface area (Å²) in [6.45, 7) is 5.40. The number of hydrogen-bond acceptors (Lipinski definition) is 2. The van der Waals surface area contributed by atoms with Crippen LogP contribution in [0, 0.1) is 0 Å². The Morgan fingerprint density at radius 2 is 2.05 bits per heavy atom. The van der Waals surface area contributed by atoms with Gasteiger partial charge in [-0.1, -0.05) is 48.5 Å². The second-order valence-corrected chi connectivity index (χ2v) is 5.94. The Morgan fingerprint density at radius 3 is 2.74 bits per heavy atom. The van der Waals surface area contributed by atoms with Gasteiger partial charge in [-0.25, -0.2) is 0 Å². The summed E-state index contributed by atoms with van der Waals surface area (Å²) < 4.78 is 6.40. The SMILES string of the molecule is CCCCCCC(C)NCc1cc(OC)ccc1Br. The van der Waals surface area contributed by atoms with Crippen molar-refractivity contribution in [3.63, 3.8) is 0 Å². The number of unbranched alkanes of at least 4 members (excludes halogenated alkanes) is 3. The number of hydrogen-bond donors (Lipinski definition) is 1. The Kier molecular flexibility index (Phi) is 8.15. The van der Waals surface area contributed by atoms with Crippen LogP contribution in [0.4, 0.5) is 0 Å². The second-order valence-electron chi connectivity index (χ2n) is 5.09. The minimum Gasteiger partial charge on any atom is -0.497 e. The number of halogens is 1. The first-order chi connectivity index (χ1) is 9.17. The molecule has 2 nitrogen and oxygen atoms in total. The van der Waals surface area contributed by atoms with Crippen LogP contribution >= 0.6 is 15.9 Å². The van der Waals surface area contributed by atoms with Gasteiger partial charge in [-0.2, -0.15) is 0 Å². The summed E-state index contributed by atoms with van der Waals surface area (Å²) in [5.41, 5.74) is 1.25. The molecule has 1 unspecified atom stereocenters. The molecule has 0 aliphatic heterocycles. The van der Waals surface area contributed by atoms with Crippen LogP contribution in [0.2, 0.25) is 0 Å². The fourth-order valence-corrected chi connectivity index (χ4v) is 2.46. The van der Waals surface area contributed by atoms with E-state index in [2.05, 4.69) is 41.2 Å². The Hall–Kier alpha value is -0.540. The minimum absolute atomic E-state index is 0.565. The Morgan fingerprint density at radius 1 is 1.26 bits per heavy atom. The number of nitrogens with one attached hydrogen (secondary N) is 1. The average molecular weight is 328 g/mol. The van der Waals surface area contributed by atoms with Crippen LogP contribution in [-0.2, 0) is 6.54 Å². The molecule has 0 aliphatic carbocycles. The molecule has 0 bridgehead atoms. The number of rotatable bonds is 9. The van der Waals surface area contributed by atoms with Gasteiger partial charge in [0, 0.05) is 17.1 Å². The summed E-state index contributed by atoms with van der Waals surface area (Å²) in [5.74, 6) is 0.913. The van der Waals surface area contributed by atoms with Gasteiger partial charge in [0.05, 0.1) is 7.11 Å². The molecule has 0 saturated heterocycles. The predicted octanol–water partition coefficient (Wildman–Crippen LogP) is 4.91. The second kappa shape index (κ2) is 9.38. The van der Waals surface area contributed by atoms with E-state index < -0.39 is 0 Å². The molecule has 1 aromatic rings. The normalized spacial score (nSPS) is 12.4. The van der Waals surface area contributed by atoms with E-state index in [9.17, 15) is 0 Å². The molecule has 108 valence electrons. The molecule has 0 fully saturated rings. The monoisotopic (exact) mass is 327 g/mol. The zero-order valence-electron chi connectivity index (χ0n) is 12.3. The highest BCUT2D eigenvalue weighted by Gasteiger charge is 2.05. The number of ether oxygens (including phenoxy) is 1. The molecule has 1 atom stereocenters. The van der Waals surface area contributed by atoms with Crippen LogP contribution in [-0.4, -0.2) is 13.2 Å². The largest absolute Gasteiger partial charge is 0.497 e. The molecule has 19 heavy (non-hydrogen) atoms. The molecular formula is C16H26BrNO. The Bertz CT molecular complexity index is 368. The lowest BCUT2D eigenvalue weighted by atomic mass is 10.1. The lowest BCUT2D eigenvalue weighted by molar-refractivity contribution is 0.413. The van der Waals surface area contributed by atoms with Crippen molar-refractivity contribution in [3.05, 3.63) is 28.2 Å². The van der Waals surface area contributed by atoms with Crippen molar-refractivity contribution in [2.24, 2.45) is 0 Å². The highest BCUT2D eigenvalue weighted by molar-refractivity contribution is 9.10. The van der Waals surface area contributed by atoms with Crippen molar-refractivity contribution in [3.8, 4) is 5.75 Å². The molecule has 0 spiro atoms. The van der Waals surface area contributed by atoms with Crippen molar-refractivity contribution < 1.29 is 4.74 Å². The number of benzene rings is 1. The maximum Gasteiger partial charge on any atom is 0.119 e. The third-order valence-corrected chi connectivity index (χ3v) is 4.16. The van der Waals surface area contributed by atoms with Crippen LogP contribution in [0.25, 0.3) is 0 Å². The van der Waals surface area contributed by atoms with Crippen molar-refractivity contribution in [2.45, 2.75) is 58.5 Å². The van der Waals surface area contributed by atoms with Crippen molar-refractivity contribution in [1.29, 1.82) is 0 Å². The van der Waals surface area contributed by atoms with Crippen LogP contribution in [0.1, 0.15) is 51.5 Å². The predicted molar refractivity (Wildman–Crippen MR) is 85.8 cm³/mol. The zero-order chi connectivity index (χ0) is 14.1. The third-order valence-electron chi connectivity index (χ3n) is 3.38. The smallest absolute Gasteiger partial charge is 0.119 e. The first-order valence-electron chi connectivity index (χ1n) is 7.23. The summed E-state index contributed by atoms with van der Waals surface area (Å²) in [4.78, 5) is 0. The molecule has 0 aromatic heterocycles. The summed E-state index contributed by atoms with van der Waals surface area (Å²) in [7, 11) is 1.71. The highest BCUT2D eigenvalue weighted by Crippen LogP contribution is 2.22. The van der Waals surface area contributed by atoms with Crippen LogP contribution in [0.5, 0.6) is 5.75 Å². The van der Waals surface area contributed by atoms with Gasteiger partial charge in [0.2, 0.25) is 0 Å². The highest BCUT2D eigenvalue weighted by atomic mass is 79.9. The molecule has 0 radical (unpaired) electrons. The lowest BCUT2D eigenvalue weighted by Crippen LogP contribution is -2.25. The molecule has 0 aliphatic rings. The van der Waals surface area contributed by atoms with E-state index in [4.69, 9.17) is 4.74 Å². The molecule has 3 heteroatoms. The fourth-order valence-electron chi connectivity index (χ4n) is 2.08. The van der Waals surface area contributed by atoms with E-state index in [1.165, 1.54) is 37.7 Å². The molecule has 0 amide bonds. The molecule has 1 rings (SSSR count). The van der Waals surface area contributed by atoms with E-state index in [1.807, 2.05) is 12.1 Å². The van der Waals surface area contributed by atoms with Gasteiger partial charge in [-0.15, -0.1) is 0 Å². The van der Waals surface area contributed by atoms with E-state index in [0.29, 0.717) is 6.04 Å². The van der Waals surface area contributed by atoms with E-state index >= 15 is 0 Å². The van der Waals surface area contributed by atoms with E-state index in [0.717, 1.165) is 16.8 Å². The van der Waals surface area contributed by atoms with Crippen LogP contribution < -0.4 is 10.1 Å². The van der Waals surface area contributed by atoms with Crippen molar-refractivity contribution >= 4 is 15.9 Å². The van der Waals surface area contributed by atoms with Crippen LogP contribution in [0.15, 0.2) is 22.7 Å². The maximum atomic E-state index is 5.26. The maximum absolute atomic E-state index is 5.26. The fraction of sp³-hybridized carbons (Fsp3) is 0.625. The van der Waals surface area contributed by atoms with Gasteiger partial charge < -0.3 is 10.1 Å². The van der Waals surface area contributed by atoms with Gasteiger partial charge in [0.15, 0.2) is 0 Å². The molecule has 1 N–H and O–H groups in total. The van der Waals surface area contributed by atoms with Gasteiger partial charge in [0.1, 0.15) is 5.75 Å². The standard InChI is InChI=1S/C16H26BrNO/c1-4-5-6-7-8-13(2)18-12-14-11-15(19-3)9-10-16(14)17/h9-11,13,18H,4-8,12H2,1-3H3. The van der Waals surface area contributed by atoms with Crippen molar-refractivity contribution in [1.82, 2.24) is 5.32 Å². The van der Waals surface area contributed by atoms with Crippen molar-refractivity contribution in [2.75, 3.05) is 7.11 Å². The first kappa shape index (κ1) is 16.5. The van der Waals surface area contributed by atoms with E-state index in [-0.39, 0.29) is 0 Å². The van der Waals surface area contributed by atoms with Gasteiger partial charge in [-0.05, 0) is 37.1 Å². The molecule has 0 heterocycles. The van der Waals surface area contributed by atoms with Gasteiger partial charge in [-0.3, -0.25) is 0 Å². The first-order valence-corrected chi connectivity index (χ1v) is 8.02. The van der Waals surface area contributed by atoms with Crippen LogP contribution in [0.3, 0.4) is 0 Å². The van der Waals surface area contributed by atoms with Gasteiger partial charge >= 0.3 is 0 Å². The van der Waals surface area contributed by atoms with Gasteiger partial charge in [0.25, 0.3) is 0 Å². The zero-order valence-corrected chi connectivity index (χ0v) is 13.9.